The molecule has 3 aromatic carbocycles. The number of carboxylic acids is 1. The minimum absolute atomic E-state index is 0.00283. The quantitative estimate of drug-likeness (QED) is 0.183. The van der Waals surface area contributed by atoms with Gasteiger partial charge in [0.15, 0.2) is 23.2 Å². The average molecular weight is 657 g/mol. The molecule has 47 heavy (non-hydrogen) atoms. The standard InChI is InChI=1S/C32H28F4N4O7/c33-19-12-20(34)27(36)29(26(19)35)47-15-24(41)22(13-25(42)43)38-30(44)23-11-18-8-4-7-17-9-10-21(31(45)40(23)28(17)18)39-32(46)37-14-16-5-2-1-3-6-16/h1-8,12,21-23H,9-11,13-15H2,(H,38,44)(H,42,43)(H2,37,39,46). The maximum absolute atomic E-state index is 14.0. The number of ketones is 1. The number of amides is 4. The molecule has 0 fully saturated rings. The molecule has 5 rings (SSSR count). The zero-order valence-corrected chi connectivity index (χ0v) is 24.5. The van der Waals surface area contributed by atoms with Gasteiger partial charge in [-0.25, -0.2) is 13.6 Å². The molecule has 11 nitrogen and oxygen atoms in total. The first kappa shape index (κ1) is 32.9. The van der Waals surface area contributed by atoms with Crippen LogP contribution in [0.4, 0.5) is 28.0 Å². The summed E-state index contributed by atoms with van der Waals surface area (Å²) in [6.07, 6.45) is -0.392. The minimum atomic E-state index is -1.91. The fourth-order valence-corrected chi connectivity index (χ4v) is 5.57. The zero-order valence-electron chi connectivity index (χ0n) is 24.5. The third kappa shape index (κ3) is 7.18. The lowest BCUT2D eigenvalue weighted by atomic mass is 10.0. The van der Waals surface area contributed by atoms with E-state index >= 15 is 0 Å². The molecule has 4 N–H and O–H groups in total. The van der Waals surface area contributed by atoms with Crippen molar-refractivity contribution in [2.45, 2.75) is 50.4 Å². The van der Waals surface area contributed by atoms with Gasteiger partial charge < -0.3 is 25.8 Å². The van der Waals surface area contributed by atoms with Crippen LogP contribution in [0, 0.1) is 23.3 Å². The molecule has 4 amide bonds. The predicted octanol–water partition coefficient (Wildman–Crippen LogP) is 2.92. The largest absolute Gasteiger partial charge is 0.481 e. The van der Waals surface area contributed by atoms with Crippen molar-refractivity contribution in [3.05, 3.63) is 94.6 Å². The Balaban J connectivity index is 1.32. The molecule has 246 valence electrons. The number of carboxylic acid groups (broad SMARTS) is 1. The van der Waals surface area contributed by atoms with Gasteiger partial charge in [0, 0.05) is 19.0 Å². The lowest BCUT2D eigenvalue weighted by Crippen LogP contribution is -2.57. The lowest BCUT2D eigenvalue weighted by molar-refractivity contribution is -0.140. The van der Waals surface area contributed by atoms with E-state index in [4.69, 9.17) is 0 Å². The van der Waals surface area contributed by atoms with Crippen LogP contribution in [0.2, 0.25) is 0 Å². The summed E-state index contributed by atoms with van der Waals surface area (Å²) in [5.74, 6) is -13.2. The summed E-state index contributed by atoms with van der Waals surface area (Å²) in [4.78, 5) is 65.9. The highest BCUT2D eigenvalue weighted by Crippen LogP contribution is 2.39. The van der Waals surface area contributed by atoms with Crippen LogP contribution in [-0.2, 0) is 38.6 Å². The van der Waals surface area contributed by atoms with Crippen LogP contribution in [0.25, 0.3) is 0 Å². The molecule has 15 heteroatoms. The second-order valence-corrected chi connectivity index (χ2v) is 11.0. The fourth-order valence-electron chi connectivity index (χ4n) is 5.57. The Kier molecular flexibility index (Phi) is 9.72. The summed E-state index contributed by atoms with van der Waals surface area (Å²) in [6.45, 7) is -1.06. The van der Waals surface area contributed by atoms with Gasteiger partial charge in [0.05, 0.1) is 12.1 Å². The molecule has 3 atom stereocenters. The van der Waals surface area contributed by atoms with Crippen molar-refractivity contribution in [3.63, 3.8) is 0 Å². The number of para-hydroxylation sites is 1. The van der Waals surface area contributed by atoms with Crippen molar-refractivity contribution < 1.29 is 51.4 Å². The van der Waals surface area contributed by atoms with Gasteiger partial charge in [0.2, 0.25) is 23.4 Å². The second-order valence-electron chi connectivity index (χ2n) is 11.0. The third-order valence-corrected chi connectivity index (χ3v) is 7.82. The highest BCUT2D eigenvalue weighted by atomic mass is 19.2. The van der Waals surface area contributed by atoms with Gasteiger partial charge in [-0.3, -0.25) is 24.1 Å². The Morgan fingerprint density at radius 1 is 0.957 bits per heavy atom. The van der Waals surface area contributed by atoms with Gasteiger partial charge in [-0.1, -0.05) is 48.5 Å². The SMILES string of the molecule is O=C(O)CC(NC(=O)C1Cc2cccc3c2N1C(=O)C(NC(=O)NCc1ccccc1)CC3)C(=O)COc1c(F)c(F)cc(F)c1F. The maximum atomic E-state index is 14.0. The van der Waals surface area contributed by atoms with E-state index in [9.17, 15) is 46.6 Å². The Bertz CT molecular complexity index is 1710. The Morgan fingerprint density at radius 3 is 2.32 bits per heavy atom. The molecule has 0 saturated carbocycles. The summed E-state index contributed by atoms with van der Waals surface area (Å²) in [5, 5.41) is 17.0. The van der Waals surface area contributed by atoms with E-state index in [2.05, 4.69) is 20.7 Å². The normalized spacial score (nSPS) is 17.3. The molecule has 2 heterocycles. The topological polar surface area (TPSA) is 154 Å². The maximum Gasteiger partial charge on any atom is 0.315 e. The molecular weight excluding hydrogens is 628 g/mol. The number of carbonyl (C=O) groups excluding carboxylic acids is 4. The summed E-state index contributed by atoms with van der Waals surface area (Å²) in [6, 6.07) is 9.53. The van der Waals surface area contributed by atoms with Crippen LogP contribution in [0.5, 0.6) is 5.75 Å². The van der Waals surface area contributed by atoms with Gasteiger partial charge in [-0.05, 0) is 29.5 Å². The first-order chi connectivity index (χ1) is 22.4. The number of benzene rings is 3. The van der Waals surface area contributed by atoms with Crippen molar-refractivity contribution in [3.8, 4) is 5.75 Å². The Hall–Kier alpha value is -5.47. The zero-order chi connectivity index (χ0) is 33.8. The number of urea groups is 1. The number of nitrogens with zero attached hydrogens (tertiary/aromatic N) is 1. The molecule has 0 spiro atoms. The number of hydrogen-bond acceptors (Lipinski definition) is 6. The van der Waals surface area contributed by atoms with Crippen LogP contribution >= 0.6 is 0 Å². The number of hydrogen-bond donors (Lipinski definition) is 4. The molecule has 3 aromatic rings. The predicted molar refractivity (Wildman–Crippen MR) is 156 cm³/mol. The van der Waals surface area contributed by atoms with E-state index < -0.39 is 89.8 Å². The van der Waals surface area contributed by atoms with Crippen molar-refractivity contribution in [2.24, 2.45) is 0 Å². The molecule has 2 aliphatic heterocycles. The number of halogens is 4. The number of ether oxygens (including phenoxy) is 1. The molecule has 0 aliphatic carbocycles. The van der Waals surface area contributed by atoms with E-state index in [1.54, 1.807) is 18.2 Å². The van der Waals surface area contributed by atoms with Crippen LogP contribution in [0.3, 0.4) is 0 Å². The fraction of sp³-hybridized carbons (Fsp3) is 0.281. The number of nitrogens with one attached hydrogen (secondary N) is 3. The number of aliphatic carboxylic acids is 1. The number of anilines is 1. The van der Waals surface area contributed by atoms with E-state index in [0.29, 0.717) is 17.7 Å². The average Bonchev–Trinajstić information content (AvgIpc) is 3.38. The van der Waals surface area contributed by atoms with Crippen molar-refractivity contribution in [1.82, 2.24) is 16.0 Å². The van der Waals surface area contributed by atoms with Crippen molar-refractivity contribution in [2.75, 3.05) is 11.5 Å². The van der Waals surface area contributed by atoms with Crippen molar-refractivity contribution >= 4 is 35.3 Å². The van der Waals surface area contributed by atoms with Crippen LogP contribution < -0.4 is 25.6 Å². The van der Waals surface area contributed by atoms with E-state index in [0.717, 1.165) is 11.1 Å². The molecule has 0 aromatic heterocycles. The Labute approximate surface area is 264 Å². The number of rotatable bonds is 11. The van der Waals surface area contributed by atoms with Gasteiger partial charge in [0.1, 0.15) is 24.7 Å². The van der Waals surface area contributed by atoms with Crippen LogP contribution in [0.1, 0.15) is 29.5 Å². The smallest absolute Gasteiger partial charge is 0.315 e. The number of Topliss-reactive ketones (excluding diaryl/α,β-unsaturated/α-hetero) is 1. The molecule has 0 saturated heterocycles. The van der Waals surface area contributed by atoms with Gasteiger partial charge >= 0.3 is 12.0 Å². The lowest BCUT2D eigenvalue weighted by Gasteiger charge is -2.29. The Morgan fingerprint density at radius 2 is 1.64 bits per heavy atom. The second kappa shape index (κ2) is 13.9. The van der Waals surface area contributed by atoms with Crippen molar-refractivity contribution in [1.29, 1.82) is 0 Å². The minimum Gasteiger partial charge on any atom is -0.481 e. The molecular formula is C32H28F4N4O7. The van der Waals surface area contributed by atoms with Gasteiger partial charge in [-0.2, -0.15) is 8.78 Å². The summed E-state index contributed by atoms with van der Waals surface area (Å²) in [5.41, 5.74) is 2.67. The van der Waals surface area contributed by atoms with Crippen LogP contribution in [0.15, 0.2) is 54.6 Å². The molecule has 2 aliphatic rings. The van der Waals surface area contributed by atoms with Gasteiger partial charge in [0.25, 0.3) is 0 Å². The molecule has 3 unspecified atom stereocenters. The first-order valence-electron chi connectivity index (χ1n) is 14.5. The number of carbonyl (C=O) groups is 5. The summed E-state index contributed by atoms with van der Waals surface area (Å²) in [7, 11) is 0. The van der Waals surface area contributed by atoms with E-state index in [1.807, 2.05) is 30.3 Å². The summed E-state index contributed by atoms with van der Waals surface area (Å²) < 4.78 is 59.8. The van der Waals surface area contributed by atoms with E-state index in [1.165, 1.54) is 4.90 Å². The first-order valence-corrected chi connectivity index (χ1v) is 14.5. The monoisotopic (exact) mass is 656 g/mol. The summed E-state index contributed by atoms with van der Waals surface area (Å²) >= 11 is 0. The molecule has 0 bridgehead atoms. The van der Waals surface area contributed by atoms with E-state index in [-0.39, 0.29) is 25.5 Å². The third-order valence-electron chi connectivity index (χ3n) is 7.82. The highest BCUT2D eigenvalue weighted by Gasteiger charge is 2.44. The highest BCUT2D eigenvalue weighted by molar-refractivity contribution is 6.08. The van der Waals surface area contributed by atoms with Crippen LogP contribution in [-0.4, -0.2) is 59.4 Å². The van der Waals surface area contributed by atoms with Gasteiger partial charge in [-0.15, -0.1) is 0 Å². The number of aryl methyl sites for hydroxylation is 1. The molecule has 0 radical (unpaired) electrons.